The Bertz CT molecular complexity index is 1020. The fraction of sp³-hybridized carbons (Fsp3) is 0.167. The van der Waals surface area contributed by atoms with Crippen LogP contribution in [0, 0.1) is 47.4 Å². The number of hydrogen-bond donors (Lipinski definition) is 0. The van der Waals surface area contributed by atoms with E-state index in [4.69, 9.17) is 0 Å². The lowest BCUT2D eigenvalue weighted by atomic mass is 10.1. The predicted molar refractivity (Wildman–Crippen MR) is 111 cm³/mol. The molecule has 0 saturated carbocycles. The average molecular weight is 367 g/mol. The lowest BCUT2D eigenvalue weighted by Crippen LogP contribution is -1.82. The van der Waals surface area contributed by atoms with Crippen LogP contribution in [0.2, 0.25) is 0 Å². The van der Waals surface area contributed by atoms with Gasteiger partial charge < -0.3 is 0 Å². The first-order valence-electron chi connectivity index (χ1n) is 8.42. The summed E-state index contributed by atoms with van der Waals surface area (Å²) in [5.41, 5.74) is 4.83. The van der Waals surface area contributed by atoms with Crippen molar-refractivity contribution in [3.05, 3.63) is 58.7 Å². The standard InChI is InChI=1S/C24H14S2/c1(3-5-7-19-9-11-23-21(17-19)13-15-25-23)2-4-6-8-20-10-12-24-22(18-20)14-16-26-24/h9-12,17-18H,13-16H2. The molecule has 2 aromatic rings. The van der Waals surface area contributed by atoms with Gasteiger partial charge >= 0.3 is 0 Å². The first kappa shape index (κ1) is 16.8. The van der Waals surface area contributed by atoms with Gasteiger partial charge in [0.15, 0.2) is 0 Å². The zero-order valence-electron chi connectivity index (χ0n) is 14.1. The van der Waals surface area contributed by atoms with E-state index in [1.807, 2.05) is 23.5 Å². The van der Waals surface area contributed by atoms with E-state index in [9.17, 15) is 0 Å². The molecule has 0 saturated heterocycles. The summed E-state index contributed by atoms with van der Waals surface area (Å²) >= 11 is 3.82. The van der Waals surface area contributed by atoms with Crippen molar-refractivity contribution in [3.63, 3.8) is 0 Å². The maximum Gasteiger partial charge on any atom is 0.0259 e. The molecule has 2 heterocycles. The van der Waals surface area contributed by atoms with Gasteiger partial charge in [-0.05, 0) is 95.9 Å². The molecule has 0 radical (unpaired) electrons. The molecule has 0 spiro atoms. The molecule has 122 valence electrons. The molecule has 0 atom stereocenters. The maximum atomic E-state index is 3.08. The zero-order chi connectivity index (χ0) is 17.6. The second-order valence-electron chi connectivity index (χ2n) is 5.84. The van der Waals surface area contributed by atoms with Crippen molar-refractivity contribution in [1.82, 2.24) is 0 Å². The topological polar surface area (TPSA) is 0 Å². The molecule has 0 amide bonds. The number of fused-ring (bicyclic) bond motifs is 2. The van der Waals surface area contributed by atoms with Crippen LogP contribution in [0.5, 0.6) is 0 Å². The Morgan fingerprint density at radius 2 is 1.04 bits per heavy atom. The van der Waals surface area contributed by atoms with Crippen molar-refractivity contribution < 1.29 is 0 Å². The summed E-state index contributed by atoms with van der Waals surface area (Å²) in [5.74, 6) is 25.2. The Balaban J connectivity index is 1.37. The zero-order valence-corrected chi connectivity index (χ0v) is 15.7. The smallest absolute Gasteiger partial charge is 0.0259 e. The van der Waals surface area contributed by atoms with Crippen LogP contribution in [0.3, 0.4) is 0 Å². The molecular weight excluding hydrogens is 352 g/mol. The van der Waals surface area contributed by atoms with Crippen molar-refractivity contribution in [1.29, 1.82) is 0 Å². The molecule has 26 heavy (non-hydrogen) atoms. The van der Waals surface area contributed by atoms with Gasteiger partial charge in [0.25, 0.3) is 0 Å². The van der Waals surface area contributed by atoms with Gasteiger partial charge in [0.2, 0.25) is 0 Å². The van der Waals surface area contributed by atoms with Crippen LogP contribution < -0.4 is 0 Å². The van der Waals surface area contributed by atoms with E-state index in [1.165, 1.54) is 32.4 Å². The number of rotatable bonds is 0. The van der Waals surface area contributed by atoms with Crippen molar-refractivity contribution in [2.24, 2.45) is 0 Å². The molecule has 2 aliphatic heterocycles. The van der Waals surface area contributed by atoms with Crippen LogP contribution >= 0.6 is 23.5 Å². The maximum absolute atomic E-state index is 3.08. The minimum atomic E-state index is 1.02. The second kappa shape index (κ2) is 8.17. The van der Waals surface area contributed by atoms with Gasteiger partial charge in [-0.25, -0.2) is 0 Å². The molecule has 0 nitrogen and oxygen atoms in total. The molecule has 0 N–H and O–H groups in total. The fourth-order valence-electron chi connectivity index (χ4n) is 2.86. The van der Waals surface area contributed by atoms with Crippen LogP contribution in [0.15, 0.2) is 46.2 Å². The summed E-state index contributed by atoms with van der Waals surface area (Å²) in [5, 5.41) is 0. The molecule has 2 heteroatoms. The number of benzene rings is 2. The lowest BCUT2D eigenvalue weighted by Gasteiger charge is -1.96. The molecule has 0 unspecified atom stereocenters. The van der Waals surface area contributed by atoms with Crippen LogP contribution in [-0.4, -0.2) is 11.5 Å². The summed E-state index contributed by atoms with van der Waals surface area (Å²) in [6.07, 6.45) is 2.27. The Morgan fingerprint density at radius 3 is 1.54 bits per heavy atom. The van der Waals surface area contributed by atoms with Gasteiger partial charge in [-0.1, -0.05) is 11.8 Å². The largest absolute Gasteiger partial charge is 0.126 e. The first-order valence-corrected chi connectivity index (χ1v) is 10.4. The summed E-state index contributed by atoms with van der Waals surface area (Å²) in [6, 6.07) is 12.7. The van der Waals surface area contributed by atoms with E-state index in [0.29, 0.717) is 0 Å². The number of hydrogen-bond acceptors (Lipinski definition) is 2. The van der Waals surface area contributed by atoms with E-state index in [0.717, 1.165) is 24.0 Å². The molecule has 0 bridgehead atoms. The van der Waals surface area contributed by atoms with E-state index in [-0.39, 0.29) is 0 Å². The summed E-state index contributed by atoms with van der Waals surface area (Å²) in [6.45, 7) is 0. The average Bonchev–Trinajstić information content (AvgIpc) is 3.31. The van der Waals surface area contributed by atoms with Crippen molar-refractivity contribution >= 4 is 23.5 Å². The summed E-state index contributed by atoms with van der Waals surface area (Å²) < 4.78 is 0. The van der Waals surface area contributed by atoms with E-state index in [2.05, 4.69) is 83.8 Å². The molecule has 0 aromatic heterocycles. The highest BCUT2D eigenvalue weighted by Crippen LogP contribution is 2.32. The third-order valence-electron chi connectivity index (χ3n) is 4.11. The van der Waals surface area contributed by atoms with Crippen molar-refractivity contribution in [2.45, 2.75) is 22.6 Å². The fourth-order valence-corrected chi connectivity index (χ4v) is 4.97. The Morgan fingerprint density at radius 1 is 0.577 bits per heavy atom. The van der Waals surface area contributed by atoms with Crippen LogP contribution in [0.1, 0.15) is 22.3 Å². The molecular formula is C24H14S2. The minimum Gasteiger partial charge on any atom is -0.126 e. The number of thioether (sulfide) groups is 2. The highest BCUT2D eigenvalue weighted by atomic mass is 32.2. The predicted octanol–water partition coefficient (Wildman–Crippen LogP) is 4.39. The van der Waals surface area contributed by atoms with Crippen LogP contribution in [0.25, 0.3) is 0 Å². The highest BCUT2D eigenvalue weighted by molar-refractivity contribution is 7.99. The highest BCUT2D eigenvalue weighted by Gasteiger charge is 2.11. The summed E-state index contributed by atoms with van der Waals surface area (Å²) in [4.78, 5) is 2.77. The third kappa shape index (κ3) is 4.13. The van der Waals surface area contributed by atoms with Gasteiger partial charge in [0.05, 0.1) is 0 Å². The first-order chi connectivity index (χ1) is 12.9. The molecule has 2 aliphatic rings. The minimum absolute atomic E-state index is 1.02. The van der Waals surface area contributed by atoms with Crippen LogP contribution in [0.4, 0.5) is 0 Å². The van der Waals surface area contributed by atoms with E-state index in [1.54, 1.807) is 0 Å². The van der Waals surface area contributed by atoms with Crippen LogP contribution in [-0.2, 0) is 12.8 Å². The normalized spacial score (nSPS) is 12.8. The van der Waals surface area contributed by atoms with Crippen molar-refractivity contribution in [3.8, 4) is 47.4 Å². The molecule has 0 aliphatic carbocycles. The number of aryl methyl sites for hydroxylation is 2. The van der Waals surface area contributed by atoms with Gasteiger partial charge in [-0.2, -0.15) is 0 Å². The van der Waals surface area contributed by atoms with Gasteiger partial charge in [-0.15, -0.1) is 23.5 Å². The Labute approximate surface area is 163 Å². The Hall–Kier alpha value is -2.62. The van der Waals surface area contributed by atoms with E-state index >= 15 is 0 Å². The second-order valence-corrected chi connectivity index (χ2v) is 8.12. The molecule has 4 rings (SSSR count). The molecule has 0 fully saturated rings. The van der Waals surface area contributed by atoms with Gasteiger partial charge in [0.1, 0.15) is 0 Å². The Kier molecular flexibility index (Phi) is 5.29. The monoisotopic (exact) mass is 366 g/mol. The third-order valence-corrected chi connectivity index (χ3v) is 6.34. The van der Waals surface area contributed by atoms with Gasteiger partial charge in [-0.3, -0.25) is 0 Å². The SMILES string of the molecule is C(C#CC#Cc1ccc2c(c1)CCS2)#CC#Cc1ccc2c(c1)CCS2. The van der Waals surface area contributed by atoms with Crippen molar-refractivity contribution in [2.75, 3.05) is 11.5 Å². The summed E-state index contributed by atoms with van der Waals surface area (Å²) in [7, 11) is 0. The quantitative estimate of drug-likeness (QED) is 0.634. The van der Waals surface area contributed by atoms with E-state index < -0.39 is 0 Å². The molecule has 2 aromatic carbocycles. The van der Waals surface area contributed by atoms with Gasteiger partial charge in [0, 0.05) is 32.4 Å². The lowest BCUT2D eigenvalue weighted by molar-refractivity contribution is 1.14.